The second kappa shape index (κ2) is 8.37. The van der Waals surface area contributed by atoms with Crippen molar-refractivity contribution in [2.45, 2.75) is 39.8 Å². The maximum atomic E-state index is 12.1. The molecule has 0 aliphatic carbocycles. The van der Waals surface area contributed by atoms with Gasteiger partial charge >= 0.3 is 5.97 Å². The number of nitrogens with zero attached hydrogens (tertiary/aromatic N) is 4. The maximum Gasteiger partial charge on any atom is 0.339 e. The van der Waals surface area contributed by atoms with E-state index in [1.165, 1.54) is 6.20 Å². The van der Waals surface area contributed by atoms with Crippen LogP contribution in [0.2, 0.25) is 0 Å². The van der Waals surface area contributed by atoms with Gasteiger partial charge in [-0.25, -0.2) is 14.8 Å². The number of aromatic amines is 1. The minimum Gasteiger partial charge on any atom is -0.462 e. The van der Waals surface area contributed by atoms with Crippen LogP contribution in [-0.2, 0) is 9.53 Å². The van der Waals surface area contributed by atoms with Gasteiger partial charge in [-0.05, 0) is 39.0 Å². The molecule has 0 saturated carbocycles. The molecule has 31 heavy (non-hydrogen) atoms. The molecule has 3 aromatic heterocycles. The lowest BCUT2D eigenvalue weighted by atomic mass is 10.1. The summed E-state index contributed by atoms with van der Waals surface area (Å²) in [5, 5.41) is 0.818. The van der Waals surface area contributed by atoms with Gasteiger partial charge in [-0.15, -0.1) is 0 Å². The minimum absolute atomic E-state index is 0.102. The van der Waals surface area contributed by atoms with Crippen LogP contribution in [0.5, 0.6) is 0 Å². The van der Waals surface area contributed by atoms with Crippen LogP contribution >= 0.6 is 0 Å². The van der Waals surface area contributed by atoms with Gasteiger partial charge in [0.2, 0.25) is 5.91 Å². The van der Waals surface area contributed by atoms with Crippen LogP contribution in [0.15, 0.2) is 36.7 Å². The fourth-order valence-corrected chi connectivity index (χ4v) is 4.42. The number of amides is 1. The molecule has 1 N–H and O–H groups in total. The van der Waals surface area contributed by atoms with Crippen molar-refractivity contribution >= 4 is 28.7 Å². The summed E-state index contributed by atoms with van der Waals surface area (Å²) in [7, 11) is 0. The highest BCUT2D eigenvalue weighted by atomic mass is 16.5. The molecule has 1 aliphatic heterocycles. The number of hydrogen-bond donors (Lipinski definition) is 1. The fourth-order valence-electron chi connectivity index (χ4n) is 4.42. The highest BCUT2D eigenvalue weighted by molar-refractivity contribution is 5.98. The largest absolute Gasteiger partial charge is 0.462 e. The summed E-state index contributed by atoms with van der Waals surface area (Å²) in [5.74, 6) is 0.574. The second-order valence-corrected chi connectivity index (χ2v) is 7.95. The Labute approximate surface area is 181 Å². The van der Waals surface area contributed by atoms with Gasteiger partial charge in [-0.1, -0.05) is 6.07 Å². The molecule has 2 atom stereocenters. The van der Waals surface area contributed by atoms with Gasteiger partial charge in [-0.3, -0.25) is 4.79 Å². The van der Waals surface area contributed by atoms with E-state index in [0.29, 0.717) is 17.8 Å². The molecule has 162 valence electrons. The molecule has 4 rings (SSSR count). The van der Waals surface area contributed by atoms with Gasteiger partial charge in [0, 0.05) is 55.4 Å². The number of anilines is 1. The molecule has 0 unspecified atom stereocenters. The molecule has 8 nitrogen and oxygen atoms in total. The zero-order chi connectivity index (χ0) is 22.1. The summed E-state index contributed by atoms with van der Waals surface area (Å²) in [5.41, 5.74) is 2.77. The number of pyridine rings is 2. The fraction of sp³-hybridized carbons (Fsp3) is 0.391. The van der Waals surface area contributed by atoms with E-state index in [2.05, 4.69) is 28.7 Å². The molecule has 0 bridgehead atoms. The van der Waals surface area contributed by atoms with Gasteiger partial charge in [-0.2, -0.15) is 0 Å². The van der Waals surface area contributed by atoms with Crippen LogP contribution in [0.25, 0.3) is 22.3 Å². The Morgan fingerprint density at radius 3 is 2.65 bits per heavy atom. The van der Waals surface area contributed by atoms with E-state index in [1.54, 1.807) is 19.9 Å². The Morgan fingerprint density at radius 2 is 1.97 bits per heavy atom. The molecule has 1 saturated heterocycles. The zero-order valence-corrected chi connectivity index (χ0v) is 18.3. The van der Waals surface area contributed by atoms with Crippen molar-refractivity contribution in [2.75, 3.05) is 24.6 Å². The van der Waals surface area contributed by atoms with E-state index in [4.69, 9.17) is 9.72 Å². The van der Waals surface area contributed by atoms with Crippen molar-refractivity contribution in [3.05, 3.63) is 42.2 Å². The van der Waals surface area contributed by atoms with Gasteiger partial charge in [0.15, 0.2) is 0 Å². The third-order valence-corrected chi connectivity index (χ3v) is 5.66. The molecule has 1 aliphatic rings. The molecule has 4 heterocycles. The number of esters is 1. The number of nitrogens with one attached hydrogen (secondary N) is 1. The summed E-state index contributed by atoms with van der Waals surface area (Å²) in [6.45, 7) is 9.29. The Morgan fingerprint density at radius 1 is 1.23 bits per heavy atom. The number of H-pyrrole nitrogens is 1. The van der Waals surface area contributed by atoms with E-state index in [-0.39, 0.29) is 18.0 Å². The van der Waals surface area contributed by atoms with E-state index in [0.717, 1.165) is 35.6 Å². The SMILES string of the molecule is CCOC(=O)c1cnc2[nH]cc(-c3cccc(N4C[C@@H](C)N(C(C)=O)[C@@H](C)C4)n3)c2c1. The Balaban J connectivity index is 1.66. The maximum absolute atomic E-state index is 12.1. The van der Waals surface area contributed by atoms with Crippen molar-refractivity contribution in [2.24, 2.45) is 0 Å². The van der Waals surface area contributed by atoms with Crippen molar-refractivity contribution in [1.29, 1.82) is 0 Å². The van der Waals surface area contributed by atoms with E-state index >= 15 is 0 Å². The quantitative estimate of drug-likeness (QED) is 0.650. The lowest BCUT2D eigenvalue weighted by Gasteiger charge is -2.44. The Bertz CT molecular complexity index is 1110. The highest BCUT2D eigenvalue weighted by Crippen LogP contribution is 2.29. The average molecular weight is 422 g/mol. The summed E-state index contributed by atoms with van der Waals surface area (Å²) in [6, 6.07) is 7.92. The third-order valence-electron chi connectivity index (χ3n) is 5.66. The molecular weight excluding hydrogens is 394 g/mol. The van der Waals surface area contributed by atoms with Crippen LogP contribution in [-0.4, -0.2) is 63.5 Å². The van der Waals surface area contributed by atoms with Crippen LogP contribution in [0.3, 0.4) is 0 Å². The number of aromatic nitrogens is 3. The summed E-state index contributed by atoms with van der Waals surface area (Å²) >= 11 is 0. The second-order valence-electron chi connectivity index (χ2n) is 7.95. The topological polar surface area (TPSA) is 91.4 Å². The molecule has 8 heteroatoms. The van der Waals surface area contributed by atoms with Gasteiger partial charge in [0.25, 0.3) is 0 Å². The number of ether oxygens (including phenoxy) is 1. The highest BCUT2D eigenvalue weighted by Gasteiger charge is 2.31. The van der Waals surface area contributed by atoms with Crippen LogP contribution in [0, 0.1) is 0 Å². The number of carbonyl (C=O) groups excluding carboxylic acids is 2. The number of piperazine rings is 1. The van der Waals surface area contributed by atoms with Gasteiger partial charge in [0.1, 0.15) is 11.5 Å². The molecule has 0 radical (unpaired) electrons. The van der Waals surface area contributed by atoms with Crippen molar-refractivity contribution in [1.82, 2.24) is 19.9 Å². The number of fused-ring (bicyclic) bond motifs is 1. The average Bonchev–Trinajstić information content (AvgIpc) is 3.16. The lowest BCUT2D eigenvalue weighted by molar-refractivity contribution is -0.133. The first-order chi connectivity index (χ1) is 14.9. The molecule has 3 aromatic rings. The van der Waals surface area contributed by atoms with Crippen molar-refractivity contribution < 1.29 is 14.3 Å². The summed E-state index contributed by atoms with van der Waals surface area (Å²) in [6.07, 6.45) is 3.37. The molecule has 1 amide bonds. The van der Waals surface area contributed by atoms with Gasteiger partial charge < -0.3 is 19.5 Å². The Hall–Kier alpha value is -3.42. The van der Waals surface area contributed by atoms with E-state index in [9.17, 15) is 9.59 Å². The van der Waals surface area contributed by atoms with Gasteiger partial charge in [0.05, 0.1) is 17.9 Å². The smallest absolute Gasteiger partial charge is 0.339 e. The lowest BCUT2D eigenvalue weighted by Crippen LogP contribution is -2.58. The van der Waals surface area contributed by atoms with E-state index in [1.807, 2.05) is 29.3 Å². The van der Waals surface area contributed by atoms with Crippen LogP contribution in [0.1, 0.15) is 38.1 Å². The minimum atomic E-state index is -0.392. The molecule has 0 spiro atoms. The predicted molar refractivity (Wildman–Crippen MR) is 119 cm³/mol. The molecular formula is C23H27N5O3. The van der Waals surface area contributed by atoms with Crippen molar-refractivity contribution in [3.8, 4) is 11.3 Å². The van der Waals surface area contributed by atoms with Crippen LogP contribution in [0.4, 0.5) is 5.82 Å². The first-order valence-electron chi connectivity index (χ1n) is 10.5. The number of carbonyl (C=O) groups is 2. The Kier molecular flexibility index (Phi) is 5.63. The normalized spacial score (nSPS) is 19.0. The van der Waals surface area contributed by atoms with Crippen LogP contribution < -0.4 is 4.90 Å². The third kappa shape index (κ3) is 3.97. The van der Waals surface area contributed by atoms with Crippen molar-refractivity contribution in [3.63, 3.8) is 0 Å². The standard InChI is InChI=1S/C23H27N5O3/c1-5-31-23(30)17-9-18-19(11-25-22(18)24-10-17)20-7-6-8-21(26-20)27-12-14(2)28(16(4)29)15(3)13-27/h6-11,14-15H,5,12-13H2,1-4H3,(H,24,25)/t14-,15+. The molecule has 0 aromatic carbocycles. The summed E-state index contributed by atoms with van der Waals surface area (Å²) in [4.78, 5) is 40.7. The van der Waals surface area contributed by atoms with E-state index < -0.39 is 5.97 Å². The number of rotatable bonds is 4. The monoisotopic (exact) mass is 421 g/mol. The first kappa shape index (κ1) is 20.8. The summed E-state index contributed by atoms with van der Waals surface area (Å²) < 4.78 is 5.10. The zero-order valence-electron chi connectivity index (χ0n) is 18.3. The predicted octanol–water partition coefficient (Wildman–Crippen LogP) is 3.25. The molecule has 1 fully saturated rings. The first-order valence-corrected chi connectivity index (χ1v) is 10.5. The number of hydrogen-bond acceptors (Lipinski definition) is 6.